The Hall–Kier alpha value is -0.770. The first-order valence-corrected chi connectivity index (χ1v) is 4.33. The second-order valence-electron chi connectivity index (χ2n) is 3.40. The Kier molecular flexibility index (Phi) is 2.70. The molecule has 1 heteroatoms. The first-order valence-electron chi connectivity index (χ1n) is 4.33. The molecule has 0 aromatic heterocycles. The molecule has 1 nitrogen and oxygen atoms in total. The van der Waals surface area contributed by atoms with Gasteiger partial charge in [0.25, 0.3) is 0 Å². The highest BCUT2D eigenvalue weighted by atomic mass is 14.3. The molecule has 0 aliphatic heterocycles. The van der Waals surface area contributed by atoms with Crippen LogP contribution < -0.4 is 0 Å². The monoisotopic (exact) mass is 149 g/mol. The highest BCUT2D eigenvalue weighted by molar-refractivity contribution is 5.26. The van der Waals surface area contributed by atoms with E-state index in [1.165, 1.54) is 31.3 Å². The molecule has 0 N–H and O–H groups in total. The Morgan fingerprint density at radius 2 is 1.82 bits per heavy atom. The minimum Gasteiger partial charge on any atom is -0.193 e. The van der Waals surface area contributed by atoms with E-state index in [2.05, 4.69) is 13.0 Å². The molecule has 0 bridgehead atoms. The van der Waals surface area contributed by atoms with E-state index in [-0.39, 0.29) is 0 Å². The van der Waals surface area contributed by atoms with E-state index in [9.17, 15) is 0 Å². The molecule has 0 heterocycles. The van der Waals surface area contributed by atoms with Crippen molar-refractivity contribution in [3.05, 3.63) is 11.1 Å². The zero-order valence-corrected chi connectivity index (χ0v) is 7.35. The van der Waals surface area contributed by atoms with Crippen molar-refractivity contribution in [3.8, 4) is 6.07 Å². The van der Waals surface area contributed by atoms with Crippen molar-refractivity contribution >= 4 is 0 Å². The summed E-state index contributed by atoms with van der Waals surface area (Å²) in [6.45, 7) is 4.03. The number of hydrogen-bond acceptors (Lipinski definition) is 1. The highest BCUT2D eigenvalue weighted by Crippen LogP contribution is 2.31. The third kappa shape index (κ3) is 1.83. The maximum Gasteiger partial charge on any atom is 0.0943 e. The molecule has 11 heavy (non-hydrogen) atoms. The summed E-state index contributed by atoms with van der Waals surface area (Å²) in [5, 5.41) is 8.66. The largest absolute Gasteiger partial charge is 0.193 e. The lowest BCUT2D eigenvalue weighted by Gasteiger charge is -2.09. The van der Waals surface area contributed by atoms with E-state index in [1.54, 1.807) is 0 Å². The number of nitriles is 1. The van der Waals surface area contributed by atoms with Crippen LogP contribution in [-0.2, 0) is 0 Å². The summed E-state index contributed by atoms with van der Waals surface area (Å²) in [5.74, 6) is 0.717. The van der Waals surface area contributed by atoms with Crippen molar-refractivity contribution in [2.45, 2.75) is 39.5 Å². The molecule has 0 aromatic carbocycles. The number of rotatable bonds is 1. The lowest BCUT2D eigenvalue weighted by atomic mass is 9.95. The zero-order valence-electron chi connectivity index (χ0n) is 7.35. The fraction of sp³-hybridized carbons (Fsp3) is 0.700. The van der Waals surface area contributed by atoms with Crippen LogP contribution in [0.3, 0.4) is 0 Å². The third-order valence-corrected chi connectivity index (χ3v) is 2.73. The minimum atomic E-state index is 0.717. The summed E-state index contributed by atoms with van der Waals surface area (Å²) < 4.78 is 0. The average molecular weight is 149 g/mol. The van der Waals surface area contributed by atoms with Crippen molar-refractivity contribution in [1.29, 1.82) is 5.26 Å². The summed E-state index contributed by atoms with van der Waals surface area (Å²) in [6.07, 6.45) is 5.29. The molecule has 0 radical (unpaired) electrons. The van der Waals surface area contributed by atoms with Gasteiger partial charge in [0.05, 0.1) is 6.07 Å². The van der Waals surface area contributed by atoms with Gasteiger partial charge < -0.3 is 0 Å². The Labute approximate surface area is 68.7 Å². The molecule has 0 amide bonds. The van der Waals surface area contributed by atoms with Gasteiger partial charge in [0.2, 0.25) is 0 Å². The van der Waals surface area contributed by atoms with Gasteiger partial charge >= 0.3 is 0 Å². The quantitative estimate of drug-likeness (QED) is 0.526. The summed E-state index contributed by atoms with van der Waals surface area (Å²) in [7, 11) is 0. The molecule has 1 aliphatic carbocycles. The molecule has 1 rings (SSSR count). The van der Waals surface area contributed by atoms with E-state index in [0.29, 0.717) is 0 Å². The normalized spacial score (nSPS) is 21.2. The molecule has 0 atom stereocenters. The molecule has 1 saturated carbocycles. The number of nitrogens with zero attached hydrogens (tertiary/aromatic N) is 1. The van der Waals surface area contributed by atoms with Gasteiger partial charge in [-0.2, -0.15) is 5.26 Å². The molecule has 1 aliphatic rings. The average Bonchev–Trinajstić information content (AvgIpc) is 2.53. The molecule has 0 unspecified atom stereocenters. The molecule has 0 spiro atoms. The van der Waals surface area contributed by atoms with Crippen LogP contribution in [0.5, 0.6) is 0 Å². The molecular weight excluding hydrogens is 134 g/mol. The second kappa shape index (κ2) is 3.57. The highest BCUT2D eigenvalue weighted by Gasteiger charge is 2.17. The van der Waals surface area contributed by atoms with Crippen LogP contribution in [0.1, 0.15) is 39.5 Å². The maximum absolute atomic E-state index is 8.66. The SMILES string of the molecule is C/C(C#N)=C(/C)C1CCCC1. The molecule has 0 saturated heterocycles. The van der Waals surface area contributed by atoms with E-state index in [0.717, 1.165) is 11.5 Å². The van der Waals surface area contributed by atoms with Gasteiger partial charge in [-0.05, 0) is 32.6 Å². The van der Waals surface area contributed by atoms with E-state index < -0.39 is 0 Å². The Morgan fingerprint density at radius 3 is 2.27 bits per heavy atom. The van der Waals surface area contributed by atoms with Crippen LogP contribution in [0.25, 0.3) is 0 Å². The van der Waals surface area contributed by atoms with Crippen LogP contribution in [0.2, 0.25) is 0 Å². The fourth-order valence-electron chi connectivity index (χ4n) is 1.75. The number of allylic oxidation sites excluding steroid dienone is 2. The van der Waals surface area contributed by atoms with Crippen molar-refractivity contribution in [3.63, 3.8) is 0 Å². The van der Waals surface area contributed by atoms with Gasteiger partial charge in [-0.15, -0.1) is 0 Å². The van der Waals surface area contributed by atoms with Gasteiger partial charge in [0.15, 0.2) is 0 Å². The van der Waals surface area contributed by atoms with Crippen molar-refractivity contribution in [1.82, 2.24) is 0 Å². The Bertz CT molecular complexity index is 201. The van der Waals surface area contributed by atoms with Crippen LogP contribution in [0.4, 0.5) is 0 Å². The summed E-state index contributed by atoms with van der Waals surface area (Å²) in [5.41, 5.74) is 2.25. The van der Waals surface area contributed by atoms with E-state index >= 15 is 0 Å². The summed E-state index contributed by atoms with van der Waals surface area (Å²) in [6, 6.07) is 2.22. The zero-order chi connectivity index (χ0) is 8.27. The van der Waals surface area contributed by atoms with Crippen LogP contribution in [0, 0.1) is 17.2 Å². The first-order chi connectivity index (χ1) is 5.25. The second-order valence-corrected chi connectivity index (χ2v) is 3.40. The smallest absolute Gasteiger partial charge is 0.0943 e. The van der Waals surface area contributed by atoms with Crippen LogP contribution in [-0.4, -0.2) is 0 Å². The molecule has 1 fully saturated rings. The standard InChI is InChI=1S/C10H15N/c1-8(7-11)9(2)10-5-3-4-6-10/h10H,3-6H2,1-2H3/b9-8+. The molecule has 0 aromatic rings. The van der Waals surface area contributed by atoms with Crippen molar-refractivity contribution < 1.29 is 0 Å². The predicted octanol–water partition coefficient (Wildman–Crippen LogP) is 3.04. The van der Waals surface area contributed by atoms with Gasteiger partial charge in [0.1, 0.15) is 0 Å². The van der Waals surface area contributed by atoms with Crippen molar-refractivity contribution in [2.24, 2.45) is 5.92 Å². The predicted molar refractivity (Wildman–Crippen MR) is 45.9 cm³/mol. The van der Waals surface area contributed by atoms with Gasteiger partial charge in [-0.25, -0.2) is 0 Å². The van der Waals surface area contributed by atoms with E-state index in [4.69, 9.17) is 5.26 Å². The Morgan fingerprint density at radius 1 is 1.27 bits per heavy atom. The first kappa shape index (κ1) is 8.33. The van der Waals surface area contributed by atoms with Gasteiger partial charge in [-0.1, -0.05) is 18.4 Å². The topological polar surface area (TPSA) is 23.8 Å². The fourth-order valence-corrected chi connectivity index (χ4v) is 1.75. The minimum absolute atomic E-state index is 0.717. The Balaban J connectivity index is 2.67. The van der Waals surface area contributed by atoms with Gasteiger partial charge in [-0.3, -0.25) is 0 Å². The van der Waals surface area contributed by atoms with Crippen LogP contribution >= 0.6 is 0 Å². The lowest BCUT2D eigenvalue weighted by Crippen LogP contribution is -1.96. The number of hydrogen-bond donors (Lipinski definition) is 0. The molecular formula is C10H15N. The third-order valence-electron chi connectivity index (χ3n) is 2.73. The van der Waals surface area contributed by atoms with Gasteiger partial charge in [0, 0.05) is 5.57 Å². The summed E-state index contributed by atoms with van der Waals surface area (Å²) in [4.78, 5) is 0. The lowest BCUT2D eigenvalue weighted by molar-refractivity contribution is 0.638. The van der Waals surface area contributed by atoms with E-state index in [1.807, 2.05) is 6.92 Å². The molecule has 60 valence electrons. The van der Waals surface area contributed by atoms with Crippen molar-refractivity contribution in [2.75, 3.05) is 0 Å². The van der Waals surface area contributed by atoms with Crippen LogP contribution in [0.15, 0.2) is 11.1 Å². The maximum atomic E-state index is 8.66. The summed E-state index contributed by atoms with van der Waals surface area (Å²) >= 11 is 0.